The molecule has 2 aromatic rings. The van der Waals surface area contributed by atoms with Crippen molar-refractivity contribution in [1.82, 2.24) is 30.0 Å². The number of rotatable bonds is 9. The van der Waals surface area contributed by atoms with E-state index >= 15 is 0 Å². The molecule has 0 N–H and O–H groups in total. The smallest absolute Gasteiger partial charge is 0.198 e. The van der Waals surface area contributed by atoms with Crippen molar-refractivity contribution in [1.29, 1.82) is 0 Å². The van der Waals surface area contributed by atoms with Gasteiger partial charge in [-0.2, -0.15) is 0 Å². The van der Waals surface area contributed by atoms with Crippen LogP contribution in [0.5, 0.6) is 0 Å². The van der Waals surface area contributed by atoms with Gasteiger partial charge in [0.05, 0.1) is 10.9 Å². The summed E-state index contributed by atoms with van der Waals surface area (Å²) in [7, 11) is -3.55. The zero-order valence-electron chi connectivity index (χ0n) is 18.1. The molecule has 0 bridgehead atoms. The largest absolute Gasteiger partial charge is 0.297 e. The molecule has 1 aromatic heterocycles. The standard InChI is InChI=1S/C21H32N6O2S/c1-5-10-25-11-13-26(14-12-25)20(15-17(2)3)21-22-23-24-27(21)16-30(28,29)19-8-6-18(4)7-9-19/h5-9,17,20H,1,10-16H2,2-4H3. The second-order valence-corrected chi connectivity index (χ2v) is 10.3. The normalized spacial score (nSPS) is 17.3. The molecule has 1 aliphatic rings. The lowest BCUT2D eigenvalue weighted by Crippen LogP contribution is -2.48. The molecule has 1 aromatic carbocycles. The van der Waals surface area contributed by atoms with Gasteiger partial charge in [0.25, 0.3) is 0 Å². The lowest BCUT2D eigenvalue weighted by molar-refractivity contribution is 0.0867. The van der Waals surface area contributed by atoms with Crippen LogP contribution in [0.25, 0.3) is 0 Å². The highest BCUT2D eigenvalue weighted by molar-refractivity contribution is 7.90. The highest BCUT2D eigenvalue weighted by Crippen LogP contribution is 2.28. The summed E-state index contributed by atoms with van der Waals surface area (Å²) in [5, 5.41) is 12.1. The molecule has 8 nitrogen and oxygen atoms in total. The number of hydrogen-bond acceptors (Lipinski definition) is 7. The van der Waals surface area contributed by atoms with Crippen molar-refractivity contribution in [2.24, 2.45) is 5.92 Å². The van der Waals surface area contributed by atoms with Crippen molar-refractivity contribution >= 4 is 9.84 Å². The van der Waals surface area contributed by atoms with Crippen LogP contribution in [0.4, 0.5) is 0 Å². The average Bonchev–Trinajstić information content (AvgIpc) is 3.14. The van der Waals surface area contributed by atoms with Crippen molar-refractivity contribution < 1.29 is 8.42 Å². The third kappa shape index (κ3) is 5.53. The summed E-state index contributed by atoms with van der Waals surface area (Å²) in [5.41, 5.74) is 1.02. The van der Waals surface area contributed by atoms with Crippen molar-refractivity contribution in [2.75, 3.05) is 32.7 Å². The molecule has 0 saturated carbocycles. The first-order valence-corrected chi connectivity index (χ1v) is 12.1. The van der Waals surface area contributed by atoms with Gasteiger partial charge < -0.3 is 0 Å². The van der Waals surface area contributed by atoms with E-state index in [0.29, 0.717) is 11.7 Å². The number of hydrogen-bond donors (Lipinski definition) is 0. The fourth-order valence-electron chi connectivity index (χ4n) is 3.83. The van der Waals surface area contributed by atoms with E-state index in [4.69, 9.17) is 0 Å². The van der Waals surface area contributed by atoms with Crippen LogP contribution in [-0.2, 0) is 15.7 Å². The van der Waals surface area contributed by atoms with Gasteiger partial charge in [-0.05, 0) is 41.8 Å². The van der Waals surface area contributed by atoms with E-state index in [0.717, 1.165) is 44.7 Å². The van der Waals surface area contributed by atoms with Crippen LogP contribution in [0.2, 0.25) is 0 Å². The highest BCUT2D eigenvalue weighted by atomic mass is 32.2. The number of sulfone groups is 1. The Bertz CT molecular complexity index is 931. The Morgan fingerprint density at radius 2 is 1.80 bits per heavy atom. The zero-order chi connectivity index (χ0) is 21.7. The lowest BCUT2D eigenvalue weighted by Gasteiger charge is -2.39. The molecule has 1 saturated heterocycles. The minimum atomic E-state index is -3.55. The van der Waals surface area contributed by atoms with Gasteiger partial charge >= 0.3 is 0 Å². The molecule has 0 spiro atoms. The summed E-state index contributed by atoms with van der Waals surface area (Å²) < 4.78 is 27.4. The number of benzene rings is 1. The van der Waals surface area contributed by atoms with E-state index < -0.39 is 9.84 Å². The molecule has 9 heteroatoms. The first kappa shape index (κ1) is 22.6. The Morgan fingerprint density at radius 1 is 1.13 bits per heavy atom. The minimum Gasteiger partial charge on any atom is -0.297 e. The third-order valence-corrected chi connectivity index (χ3v) is 7.03. The maximum atomic E-state index is 13.0. The molecule has 0 amide bonds. The van der Waals surface area contributed by atoms with Gasteiger partial charge in [-0.25, -0.2) is 13.1 Å². The van der Waals surface area contributed by atoms with Crippen LogP contribution in [0.3, 0.4) is 0 Å². The summed E-state index contributed by atoms with van der Waals surface area (Å²) in [6, 6.07) is 6.87. The number of aromatic nitrogens is 4. The Kier molecular flexibility index (Phi) is 7.38. The van der Waals surface area contributed by atoms with Crippen molar-refractivity contribution in [3.05, 3.63) is 48.3 Å². The Morgan fingerprint density at radius 3 is 2.40 bits per heavy atom. The van der Waals surface area contributed by atoms with E-state index in [2.05, 4.69) is 45.8 Å². The van der Waals surface area contributed by atoms with Gasteiger partial charge in [0, 0.05) is 32.7 Å². The summed E-state index contributed by atoms with van der Waals surface area (Å²) >= 11 is 0. The fraction of sp³-hybridized carbons (Fsp3) is 0.571. The number of piperazine rings is 1. The van der Waals surface area contributed by atoms with Crippen molar-refractivity contribution in [3.63, 3.8) is 0 Å². The molecule has 164 valence electrons. The predicted molar refractivity (Wildman–Crippen MR) is 117 cm³/mol. The average molecular weight is 433 g/mol. The van der Waals surface area contributed by atoms with Crippen LogP contribution in [-0.4, -0.2) is 71.1 Å². The van der Waals surface area contributed by atoms with E-state index in [1.165, 1.54) is 4.68 Å². The molecule has 1 fully saturated rings. The molecule has 1 unspecified atom stereocenters. The number of tetrazole rings is 1. The number of aryl methyl sites for hydroxylation is 1. The van der Waals surface area contributed by atoms with Gasteiger partial charge in [0.2, 0.25) is 0 Å². The van der Waals surface area contributed by atoms with E-state index in [1.54, 1.807) is 24.3 Å². The van der Waals surface area contributed by atoms with Crippen molar-refractivity contribution in [3.8, 4) is 0 Å². The molecule has 30 heavy (non-hydrogen) atoms. The maximum absolute atomic E-state index is 13.0. The molecular weight excluding hydrogens is 400 g/mol. The van der Waals surface area contributed by atoms with E-state index in [1.807, 2.05) is 13.0 Å². The molecule has 2 heterocycles. The fourth-order valence-corrected chi connectivity index (χ4v) is 5.03. The van der Waals surface area contributed by atoms with Gasteiger partial charge in [-0.1, -0.05) is 37.6 Å². The molecule has 0 aliphatic carbocycles. The van der Waals surface area contributed by atoms with Gasteiger partial charge in [-0.3, -0.25) is 9.80 Å². The first-order chi connectivity index (χ1) is 14.3. The lowest BCUT2D eigenvalue weighted by atomic mass is 10.0. The molecule has 1 aliphatic heterocycles. The molecule has 3 rings (SSSR count). The first-order valence-electron chi connectivity index (χ1n) is 10.4. The minimum absolute atomic E-state index is 0.0147. The highest BCUT2D eigenvalue weighted by Gasteiger charge is 2.31. The van der Waals surface area contributed by atoms with Crippen LogP contribution in [0, 0.1) is 12.8 Å². The summed E-state index contributed by atoms with van der Waals surface area (Å²) in [4.78, 5) is 5.02. The Balaban J connectivity index is 1.82. The summed E-state index contributed by atoms with van der Waals surface area (Å²) in [6.07, 6.45) is 2.80. The maximum Gasteiger partial charge on any atom is 0.198 e. The van der Waals surface area contributed by atoms with Gasteiger partial charge in [0.1, 0.15) is 0 Å². The topological polar surface area (TPSA) is 84.2 Å². The molecule has 1 atom stereocenters. The predicted octanol–water partition coefficient (Wildman–Crippen LogP) is 2.30. The van der Waals surface area contributed by atoms with Gasteiger partial charge in [-0.15, -0.1) is 11.7 Å². The third-order valence-electron chi connectivity index (χ3n) is 5.46. The molecular formula is C21H32N6O2S. The quantitative estimate of drug-likeness (QED) is 0.562. The van der Waals surface area contributed by atoms with Crippen molar-refractivity contribution in [2.45, 2.75) is 44.0 Å². The Labute approximate surface area is 179 Å². The molecule has 0 radical (unpaired) electrons. The monoisotopic (exact) mass is 432 g/mol. The van der Waals surface area contributed by atoms with E-state index in [-0.39, 0.29) is 16.8 Å². The second kappa shape index (κ2) is 9.80. The van der Waals surface area contributed by atoms with Crippen LogP contribution in [0.1, 0.15) is 37.7 Å². The second-order valence-electron chi connectivity index (χ2n) is 8.36. The van der Waals surface area contributed by atoms with E-state index in [9.17, 15) is 8.42 Å². The van der Waals surface area contributed by atoms with Crippen LogP contribution in [0.15, 0.2) is 41.8 Å². The summed E-state index contributed by atoms with van der Waals surface area (Å²) in [5.74, 6) is 0.792. The number of nitrogens with zero attached hydrogens (tertiary/aromatic N) is 6. The SMILES string of the molecule is C=CCN1CCN(C(CC(C)C)c2nnnn2CS(=O)(=O)c2ccc(C)cc2)CC1. The van der Waals surface area contributed by atoms with Gasteiger partial charge in [0.15, 0.2) is 21.5 Å². The Hall–Kier alpha value is -2.10. The van der Waals surface area contributed by atoms with Crippen LogP contribution < -0.4 is 0 Å². The zero-order valence-corrected chi connectivity index (χ0v) is 18.9. The summed E-state index contributed by atoms with van der Waals surface area (Å²) in [6.45, 7) is 14.6. The van der Waals surface area contributed by atoms with Crippen LogP contribution >= 0.6 is 0 Å².